The average Bonchev–Trinajstić information content (AvgIpc) is 2.59. The third-order valence-electron chi connectivity index (χ3n) is 4.62. The second kappa shape index (κ2) is 7.12. The van der Waals surface area contributed by atoms with E-state index in [0.29, 0.717) is 18.2 Å². The number of fused-ring (bicyclic) bond motifs is 1. The highest BCUT2D eigenvalue weighted by atomic mass is 35.5. The molecule has 4 rings (SSSR count). The SMILES string of the molecule is CC(C)NC(=O)C1CN(c2nc(-c3ccnc(Cl)c3)cc3cnccc23)C1. The number of amides is 1. The molecule has 0 atom stereocenters. The molecule has 138 valence electrons. The zero-order valence-corrected chi connectivity index (χ0v) is 15.9. The van der Waals surface area contributed by atoms with Crippen molar-refractivity contribution in [1.29, 1.82) is 0 Å². The van der Waals surface area contributed by atoms with E-state index in [1.165, 1.54) is 0 Å². The summed E-state index contributed by atoms with van der Waals surface area (Å²) in [5.74, 6) is 0.959. The van der Waals surface area contributed by atoms with Crippen molar-refractivity contribution in [3.8, 4) is 11.3 Å². The van der Waals surface area contributed by atoms with Gasteiger partial charge in [0, 0.05) is 54.1 Å². The Morgan fingerprint density at radius 1 is 1.26 bits per heavy atom. The third-order valence-corrected chi connectivity index (χ3v) is 4.82. The molecule has 0 unspecified atom stereocenters. The molecule has 0 bridgehead atoms. The van der Waals surface area contributed by atoms with Gasteiger partial charge in [-0.15, -0.1) is 0 Å². The van der Waals surface area contributed by atoms with E-state index in [1.54, 1.807) is 18.5 Å². The highest BCUT2D eigenvalue weighted by Crippen LogP contribution is 2.33. The van der Waals surface area contributed by atoms with Gasteiger partial charge in [-0.25, -0.2) is 9.97 Å². The Kier molecular flexibility index (Phi) is 4.66. The standard InChI is InChI=1S/C20H20ClN5O/c1-12(2)24-20(27)15-10-26(11-15)19-16-4-5-22-9-14(16)7-17(25-19)13-3-6-23-18(21)8-13/h3-9,12,15H,10-11H2,1-2H3,(H,24,27). The van der Waals surface area contributed by atoms with Crippen LogP contribution in [0, 0.1) is 5.92 Å². The molecule has 3 aromatic heterocycles. The number of pyridine rings is 3. The van der Waals surface area contributed by atoms with Crippen molar-refractivity contribution in [2.75, 3.05) is 18.0 Å². The minimum absolute atomic E-state index is 0.00915. The number of carbonyl (C=O) groups is 1. The van der Waals surface area contributed by atoms with Crippen molar-refractivity contribution in [3.05, 3.63) is 48.0 Å². The van der Waals surface area contributed by atoms with Gasteiger partial charge in [0.25, 0.3) is 0 Å². The number of halogens is 1. The second-order valence-electron chi connectivity index (χ2n) is 7.06. The maximum absolute atomic E-state index is 12.2. The second-order valence-corrected chi connectivity index (χ2v) is 7.45. The molecule has 6 nitrogen and oxygen atoms in total. The summed E-state index contributed by atoms with van der Waals surface area (Å²) in [5.41, 5.74) is 1.71. The lowest BCUT2D eigenvalue weighted by atomic mass is 9.97. The number of anilines is 1. The number of carbonyl (C=O) groups excluding carboxylic acids is 1. The van der Waals surface area contributed by atoms with Crippen LogP contribution < -0.4 is 10.2 Å². The first-order valence-corrected chi connectivity index (χ1v) is 9.31. The van der Waals surface area contributed by atoms with Gasteiger partial charge in [0.15, 0.2) is 0 Å². The number of hydrogen-bond acceptors (Lipinski definition) is 5. The maximum Gasteiger partial charge on any atom is 0.226 e. The predicted molar refractivity (Wildman–Crippen MR) is 107 cm³/mol. The van der Waals surface area contributed by atoms with E-state index >= 15 is 0 Å². The summed E-state index contributed by atoms with van der Waals surface area (Å²) in [6, 6.07) is 7.79. The quantitative estimate of drug-likeness (QED) is 0.702. The van der Waals surface area contributed by atoms with Crippen LogP contribution in [0.2, 0.25) is 5.15 Å². The highest BCUT2D eigenvalue weighted by molar-refractivity contribution is 6.29. The van der Waals surface area contributed by atoms with Gasteiger partial charge in [-0.05, 0) is 38.1 Å². The molecule has 27 heavy (non-hydrogen) atoms. The van der Waals surface area contributed by atoms with Crippen LogP contribution >= 0.6 is 11.6 Å². The largest absolute Gasteiger partial charge is 0.354 e. The van der Waals surface area contributed by atoms with Gasteiger partial charge >= 0.3 is 0 Å². The molecule has 0 aromatic carbocycles. The van der Waals surface area contributed by atoms with Crippen molar-refractivity contribution in [1.82, 2.24) is 20.3 Å². The molecule has 0 saturated carbocycles. The normalized spacial score (nSPS) is 14.4. The Balaban J connectivity index is 1.67. The van der Waals surface area contributed by atoms with Crippen LogP contribution in [-0.4, -0.2) is 40.0 Å². The van der Waals surface area contributed by atoms with Gasteiger partial charge < -0.3 is 10.2 Å². The fourth-order valence-corrected chi connectivity index (χ4v) is 3.42. The molecule has 3 aromatic rings. The summed E-state index contributed by atoms with van der Waals surface area (Å²) in [6.07, 6.45) is 5.26. The van der Waals surface area contributed by atoms with Crippen molar-refractivity contribution in [2.24, 2.45) is 5.92 Å². The molecule has 1 aliphatic rings. The first kappa shape index (κ1) is 17.7. The van der Waals surface area contributed by atoms with E-state index in [4.69, 9.17) is 16.6 Å². The number of hydrogen-bond donors (Lipinski definition) is 1. The fourth-order valence-electron chi connectivity index (χ4n) is 3.25. The number of nitrogens with one attached hydrogen (secondary N) is 1. The van der Waals surface area contributed by atoms with Gasteiger partial charge in [0.2, 0.25) is 5.91 Å². The molecular formula is C20H20ClN5O. The lowest BCUT2D eigenvalue weighted by Crippen LogP contribution is -2.55. The smallest absolute Gasteiger partial charge is 0.226 e. The highest BCUT2D eigenvalue weighted by Gasteiger charge is 2.34. The van der Waals surface area contributed by atoms with Gasteiger partial charge in [-0.3, -0.25) is 9.78 Å². The number of rotatable bonds is 4. The van der Waals surface area contributed by atoms with Crippen molar-refractivity contribution in [3.63, 3.8) is 0 Å². The Hall–Kier alpha value is -2.73. The first-order valence-electron chi connectivity index (χ1n) is 8.93. The van der Waals surface area contributed by atoms with Crippen LogP contribution in [0.1, 0.15) is 13.8 Å². The third kappa shape index (κ3) is 3.57. The Labute approximate surface area is 162 Å². The van der Waals surface area contributed by atoms with Gasteiger partial charge in [0.1, 0.15) is 11.0 Å². The first-order chi connectivity index (χ1) is 13.0. The number of aromatic nitrogens is 3. The molecule has 4 heterocycles. The average molecular weight is 382 g/mol. The molecule has 0 radical (unpaired) electrons. The predicted octanol–water partition coefficient (Wildman–Crippen LogP) is 3.31. The fraction of sp³-hybridized carbons (Fsp3) is 0.300. The van der Waals surface area contributed by atoms with Crippen LogP contribution in [0.4, 0.5) is 5.82 Å². The molecule has 0 aliphatic carbocycles. The van der Waals surface area contributed by atoms with E-state index in [1.807, 2.05) is 38.2 Å². The van der Waals surface area contributed by atoms with Crippen LogP contribution in [0.25, 0.3) is 22.0 Å². The summed E-state index contributed by atoms with van der Waals surface area (Å²) in [6.45, 7) is 5.26. The van der Waals surface area contributed by atoms with Crippen molar-refractivity contribution >= 4 is 34.1 Å². The van der Waals surface area contributed by atoms with Crippen molar-refractivity contribution in [2.45, 2.75) is 19.9 Å². The van der Waals surface area contributed by atoms with Crippen LogP contribution in [0.15, 0.2) is 42.9 Å². The Bertz CT molecular complexity index is 1000. The molecule has 0 spiro atoms. The van der Waals surface area contributed by atoms with Gasteiger partial charge in [-0.1, -0.05) is 11.6 Å². The topological polar surface area (TPSA) is 71.0 Å². The van der Waals surface area contributed by atoms with E-state index in [0.717, 1.165) is 27.8 Å². The molecule has 1 fully saturated rings. The Morgan fingerprint density at radius 3 is 2.81 bits per heavy atom. The molecule has 1 amide bonds. The minimum Gasteiger partial charge on any atom is -0.354 e. The van der Waals surface area contributed by atoms with E-state index in [-0.39, 0.29) is 17.9 Å². The molecular weight excluding hydrogens is 362 g/mol. The van der Waals surface area contributed by atoms with E-state index < -0.39 is 0 Å². The minimum atomic E-state index is -0.00915. The zero-order chi connectivity index (χ0) is 19.0. The summed E-state index contributed by atoms with van der Waals surface area (Å²) in [7, 11) is 0. The molecule has 7 heteroatoms. The van der Waals surface area contributed by atoms with E-state index in [9.17, 15) is 4.79 Å². The van der Waals surface area contributed by atoms with E-state index in [2.05, 4.69) is 20.2 Å². The zero-order valence-electron chi connectivity index (χ0n) is 15.2. The molecule has 1 aliphatic heterocycles. The molecule has 1 N–H and O–H groups in total. The summed E-state index contributed by atoms with van der Waals surface area (Å²) < 4.78 is 0. The van der Waals surface area contributed by atoms with Gasteiger partial charge in [-0.2, -0.15) is 0 Å². The Morgan fingerprint density at radius 2 is 2.07 bits per heavy atom. The lowest BCUT2D eigenvalue weighted by molar-refractivity contribution is -0.126. The van der Waals surface area contributed by atoms with Crippen LogP contribution in [0.5, 0.6) is 0 Å². The maximum atomic E-state index is 12.2. The van der Waals surface area contributed by atoms with Gasteiger partial charge in [0.05, 0.1) is 11.6 Å². The summed E-state index contributed by atoms with van der Waals surface area (Å²) in [4.78, 5) is 27.5. The summed E-state index contributed by atoms with van der Waals surface area (Å²) in [5, 5.41) is 5.43. The lowest BCUT2D eigenvalue weighted by Gasteiger charge is -2.40. The van der Waals surface area contributed by atoms with Crippen LogP contribution in [0.3, 0.4) is 0 Å². The monoisotopic (exact) mass is 381 g/mol. The molecule has 1 saturated heterocycles. The van der Waals surface area contributed by atoms with Crippen molar-refractivity contribution < 1.29 is 4.79 Å². The summed E-state index contributed by atoms with van der Waals surface area (Å²) >= 11 is 6.04. The number of nitrogens with zero attached hydrogens (tertiary/aromatic N) is 4. The van der Waals surface area contributed by atoms with Crippen LogP contribution in [-0.2, 0) is 4.79 Å².